The van der Waals surface area contributed by atoms with Crippen LogP contribution in [0.3, 0.4) is 0 Å². The summed E-state index contributed by atoms with van der Waals surface area (Å²) in [6.45, 7) is 3.88. The molecule has 0 radical (unpaired) electrons. The zero-order chi connectivity index (χ0) is 14.7. The summed E-state index contributed by atoms with van der Waals surface area (Å²) in [6, 6.07) is 0. The van der Waals surface area contributed by atoms with E-state index < -0.39 is 0 Å². The van der Waals surface area contributed by atoms with Gasteiger partial charge in [0.15, 0.2) is 11.6 Å². The first-order valence-corrected chi connectivity index (χ1v) is 7.76. The third-order valence-electron chi connectivity index (χ3n) is 4.79. The summed E-state index contributed by atoms with van der Waals surface area (Å²) in [6.07, 6.45) is 6.36. The van der Waals surface area contributed by atoms with Gasteiger partial charge in [-0.2, -0.15) is 0 Å². The van der Waals surface area contributed by atoms with Gasteiger partial charge >= 0.3 is 0 Å². The highest BCUT2D eigenvalue weighted by atomic mass is 16.5. The normalized spacial score (nSPS) is 21.5. The van der Waals surface area contributed by atoms with E-state index in [-0.39, 0.29) is 0 Å². The van der Waals surface area contributed by atoms with Gasteiger partial charge in [0.1, 0.15) is 6.33 Å². The minimum atomic E-state index is 0.411. The van der Waals surface area contributed by atoms with Crippen LogP contribution < -0.4 is 15.4 Å². The van der Waals surface area contributed by atoms with Crippen molar-refractivity contribution in [3.63, 3.8) is 0 Å². The van der Waals surface area contributed by atoms with Crippen molar-refractivity contribution >= 4 is 11.6 Å². The van der Waals surface area contributed by atoms with E-state index >= 15 is 0 Å². The van der Waals surface area contributed by atoms with E-state index in [1.807, 2.05) is 0 Å². The first-order valence-electron chi connectivity index (χ1n) is 7.76. The van der Waals surface area contributed by atoms with E-state index in [2.05, 4.69) is 14.9 Å². The molecule has 2 saturated heterocycles. The fraction of sp³-hybridized carbons (Fsp3) is 0.733. The van der Waals surface area contributed by atoms with Gasteiger partial charge in [-0.15, -0.1) is 0 Å². The van der Waals surface area contributed by atoms with Crippen LogP contribution in [-0.4, -0.2) is 43.4 Å². The highest BCUT2D eigenvalue weighted by Crippen LogP contribution is 2.36. The van der Waals surface area contributed by atoms with Gasteiger partial charge in [-0.25, -0.2) is 9.97 Å². The Kier molecular flexibility index (Phi) is 4.43. The predicted octanol–water partition coefficient (Wildman–Crippen LogP) is 1.71. The van der Waals surface area contributed by atoms with Crippen LogP contribution >= 0.6 is 0 Å². The topological polar surface area (TPSA) is 73.5 Å². The Morgan fingerprint density at radius 2 is 1.81 bits per heavy atom. The zero-order valence-electron chi connectivity index (χ0n) is 12.6. The number of anilines is 2. The summed E-state index contributed by atoms with van der Waals surface area (Å²) in [7, 11) is 1.62. The maximum Gasteiger partial charge on any atom is 0.204 e. The quantitative estimate of drug-likeness (QED) is 0.914. The van der Waals surface area contributed by atoms with Crippen LogP contribution in [0.4, 0.5) is 11.6 Å². The van der Waals surface area contributed by atoms with Crippen molar-refractivity contribution in [2.24, 2.45) is 11.8 Å². The molecule has 0 spiro atoms. The molecule has 0 aliphatic carbocycles. The molecule has 21 heavy (non-hydrogen) atoms. The molecule has 2 aliphatic heterocycles. The van der Waals surface area contributed by atoms with Crippen molar-refractivity contribution < 1.29 is 9.47 Å². The Morgan fingerprint density at radius 3 is 2.48 bits per heavy atom. The van der Waals surface area contributed by atoms with Crippen molar-refractivity contribution in [3.8, 4) is 5.75 Å². The number of piperidine rings is 1. The Hall–Kier alpha value is -1.56. The van der Waals surface area contributed by atoms with Crippen LogP contribution in [0, 0.1) is 11.8 Å². The minimum absolute atomic E-state index is 0.411. The molecule has 3 heterocycles. The number of nitrogens with zero attached hydrogens (tertiary/aromatic N) is 3. The van der Waals surface area contributed by atoms with E-state index in [0.717, 1.165) is 44.0 Å². The summed E-state index contributed by atoms with van der Waals surface area (Å²) < 4.78 is 10.8. The minimum Gasteiger partial charge on any atom is -0.490 e. The molecule has 2 aliphatic rings. The van der Waals surface area contributed by atoms with Gasteiger partial charge in [-0.05, 0) is 37.5 Å². The highest BCUT2D eigenvalue weighted by molar-refractivity contribution is 5.62. The van der Waals surface area contributed by atoms with E-state index in [1.165, 1.54) is 32.0 Å². The van der Waals surface area contributed by atoms with Gasteiger partial charge in [-0.1, -0.05) is 0 Å². The maximum absolute atomic E-state index is 5.87. The van der Waals surface area contributed by atoms with Crippen LogP contribution in [0.25, 0.3) is 0 Å². The van der Waals surface area contributed by atoms with Crippen molar-refractivity contribution in [2.75, 3.05) is 44.0 Å². The first-order chi connectivity index (χ1) is 10.3. The van der Waals surface area contributed by atoms with Crippen LogP contribution in [0.15, 0.2) is 6.33 Å². The van der Waals surface area contributed by atoms with Crippen molar-refractivity contribution in [1.82, 2.24) is 9.97 Å². The lowest BCUT2D eigenvalue weighted by atomic mass is 9.80. The first kappa shape index (κ1) is 14.4. The van der Waals surface area contributed by atoms with Crippen molar-refractivity contribution in [2.45, 2.75) is 25.7 Å². The molecule has 116 valence electrons. The fourth-order valence-corrected chi connectivity index (χ4v) is 3.57. The molecule has 2 N–H and O–H groups in total. The van der Waals surface area contributed by atoms with Gasteiger partial charge in [0.25, 0.3) is 0 Å². The predicted molar refractivity (Wildman–Crippen MR) is 81.5 cm³/mol. The number of hydrogen-bond donors (Lipinski definition) is 1. The largest absolute Gasteiger partial charge is 0.490 e. The van der Waals surface area contributed by atoms with Gasteiger partial charge in [-0.3, -0.25) is 0 Å². The van der Waals surface area contributed by atoms with Crippen LogP contribution in [-0.2, 0) is 4.74 Å². The Labute approximate surface area is 125 Å². The molecule has 3 rings (SSSR count). The average Bonchev–Trinajstić information content (AvgIpc) is 2.55. The molecule has 0 bridgehead atoms. The molecule has 0 amide bonds. The van der Waals surface area contributed by atoms with E-state index in [0.29, 0.717) is 11.6 Å². The summed E-state index contributed by atoms with van der Waals surface area (Å²) in [5.41, 5.74) is 5.87. The lowest BCUT2D eigenvalue weighted by molar-refractivity contribution is 0.0418. The molecular formula is C15H24N4O2. The second-order valence-electron chi connectivity index (χ2n) is 5.89. The molecule has 0 unspecified atom stereocenters. The van der Waals surface area contributed by atoms with Gasteiger partial charge < -0.3 is 20.1 Å². The zero-order valence-corrected chi connectivity index (χ0v) is 12.6. The van der Waals surface area contributed by atoms with E-state index in [1.54, 1.807) is 7.11 Å². The highest BCUT2D eigenvalue weighted by Gasteiger charge is 2.29. The summed E-state index contributed by atoms with van der Waals surface area (Å²) in [4.78, 5) is 10.6. The molecule has 1 aromatic heterocycles. The van der Waals surface area contributed by atoms with Crippen molar-refractivity contribution in [3.05, 3.63) is 6.33 Å². The molecule has 1 aromatic rings. The number of aromatic nitrogens is 2. The number of rotatable bonds is 3. The summed E-state index contributed by atoms with van der Waals surface area (Å²) in [5.74, 6) is 3.49. The number of methoxy groups -OCH3 is 1. The third kappa shape index (κ3) is 3.05. The molecule has 0 aromatic carbocycles. The number of hydrogen-bond acceptors (Lipinski definition) is 6. The lowest BCUT2D eigenvalue weighted by Gasteiger charge is -2.38. The standard InChI is InChI=1S/C15H24N4O2/c1-20-13-14(16)17-10-18-15(13)19-6-2-11(3-7-19)12-4-8-21-9-5-12/h10-12H,2-9H2,1H3,(H2,16,17,18). The number of ether oxygens (including phenoxy) is 2. The molecule has 6 nitrogen and oxygen atoms in total. The van der Waals surface area contributed by atoms with Crippen LogP contribution in [0.2, 0.25) is 0 Å². The second kappa shape index (κ2) is 6.47. The Balaban J connectivity index is 1.64. The smallest absolute Gasteiger partial charge is 0.204 e. The Morgan fingerprint density at radius 1 is 1.14 bits per heavy atom. The second-order valence-corrected chi connectivity index (χ2v) is 5.89. The average molecular weight is 292 g/mol. The molecule has 2 fully saturated rings. The van der Waals surface area contributed by atoms with E-state index in [9.17, 15) is 0 Å². The third-order valence-corrected chi connectivity index (χ3v) is 4.79. The molecular weight excluding hydrogens is 268 g/mol. The van der Waals surface area contributed by atoms with Crippen molar-refractivity contribution in [1.29, 1.82) is 0 Å². The SMILES string of the molecule is COc1c(N)ncnc1N1CCC(C2CCOCC2)CC1. The molecule has 0 saturated carbocycles. The van der Waals surface area contributed by atoms with Crippen LogP contribution in [0.5, 0.6) is 5.75 Å². The molecule has 0 atom stereocenters. The monoisotopic (exact) mass is 292 g/mol. The van der Waals surface area contributed by atoms with E-state index in [4.69, 9.17) is 15.2 Å². The summed E-state index contributed by atoms with van der Waals surface area (Å²) >= 11 is 0. The Bertz CT molecular complexity index is 469. The molecule has 6 heteroatoms. The maximum atomic E-state index is 5.87. The number of nitrogen functional groups attached to an aromatic ring is 1. The fourth-order valence-electron chi connectivity index (χ4n) is 3.57. The van der Waals surface area contributed by atoms with Gasteiger partial charge in [0.05, 0.1) is 7.11 Å². The van der Waals surface area contributed by atoms with Gasteiger partial charge in [0.2, 0.25) is 5.75 Å². The number of nitrogens with two attached hydrogens (primary N) is 1. The lowest BCUT2D eigenvalue weighted by Crippen LogP contribution is -2.38. The van der Waals surface area contributed by atoms with Crippen LogP contribution in [0.1, 0.15) is 25.7 Å². The van der Waals surface area contributed by atoms with Gasteiger partial charge in [0, 0.05) is 26.3 Å². The summed E-state index contributed by atoms with van der Waals surface area (Å²) in [5, 5.41) is 0.